The third-order valence-electron chi connectivity index (χ3n) is 7.56. The van der Waals surface area contributed by atoms with Crippen LogP contribution in [0.5, 0.6) is 5.75 Å². The fraction of sp³-hybridized carbons (Fsp3) is 0.400. The molecule has 4 rings (SSSR count). The van der Waals surface area contributed by atoms with Crippen molar-refractivity contribution in [2.75, 3.05) is 6.54 Å². The van der Waals surface area contributed by atoms with Crippen LogP contribution in [0.4, 0.5) is 0 Å². The summed E-state index contributed by atoms with van der Waals surface area (Å²) in [5.74, 6) is 1.48. The number of aliphatic hydroxyl groups is 1. The Morgan fingerprint density at radius 1 is 1.00 bits per heavy atom. The maximum Gasteiger partial charge on any atom is 0.181 e. The van der Waals surface area contributed by atoms with Crippen LogP contribution in [0.3, 0.4) is 0 Å². The summed E-state index contributed by atoms with van der Waals surface area (Å²) in [6.07, 6.45) is 6.92. The number of aromatic nitrogens is 1. The third-order valence-corrected chi connectivity index (χ3v) is 7.56. The van der Waals surface area contributed by atoms with Gasteiger partial charge in [0.15, 0.2) is 5.78 Å². The van der Waals surface area contributed by atoms with Gasteiger partial charge in [0.25, 0.3) is 0 Å². The van der Waals surface area contributed by atoms with Gasteiger partial charge in [-0.2, -0.15) is 0 Å². The van der Waals surface area contributed by atoms with Crippen LogP contribution in [0.15, 0.2) is 78.0 Å². The van der Waals surface area contributed by atoms with Gasteiger partial charge in [0.05, 0.1) is 5.60 Å². The van der Waals surface area contributed by atoms with E-state index in [1.165, 1.54) is 5.56 Å². The Morgan fingerprint density at radius 2 is 1.68 bits per heavy atom. The second-order valence-electron chi connectivity index (χ2n) is 12.0. The minimum atomic E-state index is -0.760. The van der Waals surface area contributed by atoms with E-state index < -0.39 is 5.60 Å². The molecule has 41 heavy (non-hydrogen) atoms. The number of carbonyl (C=O) groups excluding carboxylic acids is 1. The predicted molar refractivity (Wildman–Crippen MR) is 167 cm³/mol. The van der Waals surface area contributed by atoms with Gasteiger partial charge in [-0.1, -0.05) is 50.2 Å². The van der Waals surface area contributed by atoms with E-state index in [1.54, 1.807) is 12.4 Å². The van der Waals surface area contributed by atoms with Crippen molar-refractivity contribution in [1.29, 1.82) is 0 Å². The Kier molecular flexibility index (Phi) is 10.1. The van der Waals surface area contributed by atoms with Crippen LogP contribution in [0.1, 0.15) is 88.0 Å². The number of carbonyl (C=O) groups is 1. The van der Waals surface area contributed by atoms with E-state index in [1.807, 2.05) is 50.2 Å². The quantitative estimate of drug-likeness (QED) is 0.298. The molecule has 1 atom stereocenters. The number of pyridine rings is 1. The first kappa shape index (κ1) is 30.2. The van der Waals surface area contributed by atoms with Crippen molar-refractivity contribution < 1.29 is 14.6 Å². The summed E-state index contributed by atoms with van der Waals surface area (Å²) in [5.41, 5.74) is 11.6. The molecule has 6 heteroatoms. The van der Waals surface area contributed by atoms with E-state index in [-0.39, 0.29) is 11.7 Å². The van der Waals surface area contributed by atoms with Crippen LogP contribution in [-0.2, 0) is 11.4 Å². The number of hydrogen-bond acceptors (Lipinski definition) is 6. The van der Waals surface area contributed by atoms with Gasteiger partial charge < -0.3 is 15.6 Å². The molecule has 0 saturated carbocycles. The molecule has 216 valence electrons. The van der Waals surface area contributed by atoms with Crippen molar-refractivity contribution in [3.63, 3.8) is 0 Å². The van der Waals surface area contributed by atoms with E-state index in [0.29, 0.717) is 48.9 Å². The second-order valence-corrected chi connectivity index (χ2v) is 12.0. The second kappa shape index (κ2) is 13.7. The monoisotopic (exact) mass is 553 g/mol. The molecule has 0 bridgehead atoms. The lowest BCUT2D eigenvalue weighted by Gasteiger charge is -2.24. The highest BCUT2D eigenvalue weighted by atomic mass is 16.5. The maximum atomic E-state index is 13.7. The number of nitrogens with two attached hydrogens (primary N) is 1. The lowest BCUT2D eigenvalue weighted by Crippen LogP contribution is -2.24. The largest absolute Gasteiger partial charge is 0.489 e. The number of hydrogen-bond donors (Lipinski definition) is 2. The van der Waals surface area contributed by atoms with E-state index >= 15 is 0 Å². The summed E-state index contributed by atoms with van der Waals surface area (Å²) in [6, 6.07) is 19.9. The summed E-state index contributed by atoms with van der Waals surface area (Å²) in [6.45, 7) is 9.03. The Morgan fingerprint density at radius 3 is 2.32 bits per heavy atom. The van der Waals surface area contributed by atoms with Crippen LogP contribution < -0.4 is 10.5 Å². The lowest BCUT2D eigenvalue weighted by molar-refractivity contribution is -0.113. The molecule has 3 aromatic rings. The zero-order valence-electron chi connectivity index (χ0n) is 24.8. The van der Waals surface area contributed by atoms with Crippen LogP contribution in [0, 0.1) is 5.92 Å². The fourth-order valence-electron chi connectivity index (χ4n) is 5.36. The van der Waals surface area contributed by atoms with Gasteiger partial charge in [-0.25, -0.2) is 0 Å². The summed E-state index contributed by atoms with van der Waals surface area (Å²) in [5, 5.41) is 10.4. The Labute approximate surface area is 244 Å². The first-order chi connectivity index (χ1) is 19.6. The molecule has 1 aliphatic rings. The number of ether oxygens (including phenoxy) is 1. The highest BCUT2D eigenvalue weighted by Crippen LogP contribution is 2.31. The maximum absolute atomic E-state index is 13.7. The SMILES string of the molecule is CC(C)c1ccc(COc2ccc(C(C3=NCCCC(CC(C)(C)O)CCC3=O)=C(N)c3ccncc3)cc2)cc1. The van der Waals surface area contributed by atoms with Crippen molar-refractivity contribution >= 4 is 22.8 Å². The molecular formula is C35H43N3O3. The molecular weight excluding hydrogens is 510 g/mol. The van der Waals surface area contributed by atoms with Crippen LogP contribution in [0.2, 0.25) is 0 Å². The van der Waals surface area contributed by atoms with Gasteiger partial charge in [0, 0.05) is 42.2 Å². The smallest absolute Gasteiger partial charge is 0.181 e. The van der Waals surface area contributed by atoms with Crippen molar-refractivity contribution in [3.05, 3.63) is 95.3 Å². The Hall–Kier alpha value is -3.77. The first-order valence-corrected chi connectivity index (χ1v) is 14.6. The van der Waals surface area contributed by atoms with Crippen molar-refractivity contribution in [2.45, 2.75) is 77.9 Å². The molecule has 0 amide bonds. The number of aliphatic imine (C=N–C) groups is 1. The molecule has 0 radical (unpaired) electrons. The highest BCUT2D eigenvalue weighted by Gasteiger charge is 2.26. The number of rotatable bonds is 9. The summed E-state index contributed by atoms with van der Waals surface area (Å²) >= 11 is 0. The van der Waals surface area contributed by atoms with E-state index in [9.17, 15) is 9.90 Å². The highest BCUT2D eigenvalue weighted by molar-refractivity contribution is 6.58. The number of ketones is 1. The van der Waals surface area contributed by atoms with E-state index in [0.717, 1.165) is 41.7 Å². The molecule has 1 unspecified atom stereocenters. The summed E-state index contributed by atoms with van der Waals surface area (Å²) < 4.78 is 6.07. The van der Waals surface area contributed by atoms with Crippen LogP contribution in [-0.4, -0.2) is 33.7 Å². The summed E-state index contributed by atoms with van der Waals surface area (Å²) in [7, 11) is 0. The lowest BCUT2D eigenvalue weighted by atomic mass is 9.85. The minimum Gasteiger partial charge on any atom is -0.489 e. The number of nitrogens with zero attached hydrogens (tertiary/aromatic N) is 2. The molecule has 1 aromatic heterocycles. The Balaban J connectivity index is 1.59. The molecule has 0 spiro atoms. The van der Waals surface area contributed by atoms with Crippen molar-refractivity contribution in [1.82, 2.24) is 4.98 Å². The third kappa shape index (κ3) is 8.61. The topological polar surface area (TPSA) is 97.8 Å². The zero-order chi connectivity index (χ0) is 29.4. The average Bonchev–Trinajstić information content (AvgIpc) is 3.04. The number of benzene rings is 2. The van der Waals surface area contributed by atoms with Crippen molar-refractivity contribution in [2.24, 2.45) is 16.6 Å². The van der Waals surface area contributed by atoms with Crippen LogP contribution in [0.25, 0.3) is 11.3 Å². The average molecular weight is 554 g/mol. The van der Waals surface area contributed by atoms with E-state index in [4.69, 9.17) is 15.5 Å². The van der Waals surface area contributed by atoms with Gasteiger partial charge in [0.1, 0.15) is 18.1 Å². The first-order valence-electron chi connectivity index (χ1n) is 14.6. The standard InChI is InChI=1S/C35H43N3O3/c1-24(2)27-10-7-26(8-11-27)23-41-30-14-12-28(13-15-30)32(33(36)29-17-20-37-21-18-29)34-31(39)16-9-25(6-5-19-38-34)22-35(3,4)40/h7-8,10-15,17-18,20-21,24-25,40H,5-6,9,16,19,22-23,36H2,1-4H3. The molecule has 0 aliphatic carbocycles. The van der Waals surface area contributed by atoms with Crippen LogP contribution >= 0.6 is 0 Å². The van der Waals surface area contributed by atoms with Gasteiger partial charge >= 0.3 is 0 Å². The molecule has 3 N–H and O–H groups in total. The normalized spacial score (nSPS) is 17.3. The summed E-state index contributed by atoms with van der Waals surface area (Å²) in [4.78, 5) is 22.6. The fourth-order valence-corrected chi connectivity index (χ4v) is 5.36. The molecule has 6 nitrogen and oxygen atoms in total. The molecule has 0 fully saturated rings. The van der Waals surface area contributed by atoms with Crippen molar-refractivity contribution in [3.8, 4) is 5.75 Å². The molecule has 2 heterocycles. The number of allylic oxidation sites excluding steroid dienone is 1. The van der Waals surface area contributed by atoms with Gasteiger partial charge in [-0.3, -0.25) is 14.8 Å². The molecule has 1 aliphatic heterocycles. The minimum absolute atomic E-state index is 0.0233. The predicted octanol–water partition coefficient (Wildman–Crippen LogP) is 6.97. The molecule has 0 saturated heterocycles. The van der Waals surface area contributed by atoms with Gasteiger partial charge in [-0.15, -0.1) is 0 Å². The van der Waals surface area contributed by atoms with E-state index in [2.05, 4.69) is 43.1 Å². The van der Waals surface area contributed by atoms with Gasteiger partial charge in [-0.05, 0) is 92.3 Å². The zero-order valence-corrected chi connectivity index (χ0v) is 24.8. The Bertz CT molecular complexity index is 1350. The molecule has 2 aromatic carbocycles. The number of Topliss-reactive ketones (excluding diaryl/α,β-unsaturated/α-hetero) is 1. The van der Waals surface area contributed by atoms with Gasteiger partial charge in [0.2, 0.25) is 0 Å².